The molecule has 3 N–H and O–H groups in total. The summed E-state index contributed by atoms with van der Waals surface area (Å²) < 4.78 is 30.6. The van der Waals surface area contributed by atoms with Crippen LogP contribution in [0, 0.1) is 24.0 Å². The second kappa shape index (κ2) is 12.2. The fraction of sp³-hybridized carbons (Fsp3) is 0.286. The number of piperidine rings is 1. The molecule has 3 aromatic heterocycles. The van der Waals surface area contributed by atoms with E-state index in [1.807, 2.05) is 25.1 Å². The first-order valence-corrected chi connectivity index (χ1v) is 14.2. The summed E-state index contributed by atoms with van der Waals surface area (Å²) in [5.74, 6) is -0.845. The molecule has 7 nitrogen and oxygen atoms in total. The van der Waals surface area contributed by atoms with E-state index in [1.165, 1.54) is 41.4 Å². The van der Waals surface area contributed by atoms with E-state index < -0.39 is 11.7 Å². The summed E-state index contributed by atoms with van der Waals surface area (Å²) >= 11 is 2.54. The highest BCUT2D eigenvalue weighted by atomic mass is 32.2. The van der Waals surface area contributed by atoms with Gasteiger partial charge in [0.2, 0.25) is 0 Å². The third kappa shape index (κ3) is 6.78. The first kappa shape index (κ1) is 27.2. The number of carbonyl (C=O) groups is 1. The van der Waals surface area contributed by atoms with Gasteiger partial charge < -0.3 is 16.0 Å². The number of anilines is 2. The van der Waals surface area contributed by atoms with Crippen LogP contribution in [-0.2, 0) is 6.42 Å². The zero-order valence-electron chi connectivity index (χ0n) is 21.3. The summed E-state index contributed by atoms with van der Waals surface area (Å²) in [5.41, 5.74) is 1.10. The van der Waals surface area contributed by atoms with Crippen LogP contribution in [0.5, 0.6) is 0 Å². The van der Waals surface area contributed by atoms with E-state index in [9.17, 15) is 9.18 Å². The maximum Gasteiger partial charge on any atom is 0.272 e. The van der Waals surface area contributed by atoms with Crippen molar-refractivity contribution < 1.29 is 13.6 Å². The highest BCUT2D eigenvalue weighted by Crippen LogP contribution is 2.37. The smallest absolute Gasteiger partial charge is 0.272 e. The van der Waals surface area contributed by atoms with Crippen LogP contribution in [0.25, 0.3) is 0 Å². The van der Waals surface area contributed by atoms with Crippen LogP contribution < -0.4 is 16.0 Å². The van der Waals surface area contributed by atoms with Crippen LogP contribution in [0.3, 0.4) is 0 Å². The standard InChI is InChI=1S/C28H28F2N6OS2/c1-18-6-10-32-22(14-18)36-27-34-16-23(39-27)38-21-7-11-33-25(24(21)30)26(37)35-17-28(8-12-31-13-9-28)15-19-4-2-3-5-20(19)29/h2-7,10-11,14,16,31H,8-9,12-13,15,17H2,1H3,(H,35,37)(H,32,34,36). The Morgan fingerprint density at radius 1 is 1.10 bits per heavy atom. The lowest BCUT2D eigenvalue weighted by Gasteiger charge is -2.38. The zero-order chi connectivity index (χ0) is 27.2. The largest absolute Gasteiger partial charge is 0.350 e. The van der Waals surface area contributed by atoms with Crippen LogP contribution in [0.2, 0.25) is 0 Å². The lowest BCUT2D eigenvalue weighted by molar-refractivity contribution is 0.0902. The SMILES string of the molecule is Cc1ccnc(Nc2ncc(Sc3ccnc(C(=O)NCC4(Cc5ccccc5F)CCNCC4)c3F)s2)c1. The van der Waals surface area contributed by atoms with Gasteiger partial charge in [0.15, 0.2) is 16.6 Å². The van der Waals surface area contributed by atoms with Crippen LogP contribution in [0.4, 0.5) is 19.7 Å². The number of nitrogens with zero attached hydrogens (tertiary/aromatic N) is 3. The molecule has 1 aliphatic heterocycles. The van der Waals surface area contributed by atoms with E-state index in [0.29, 0.717) is 29.5 Å². The average Bonchev–Trinajstić information content (AvgIpc) is 3.37. The number of thiazole rings is 1. The molecule has 1 saturated heterocycles. The maximum absolute atomic E-state index is 15.4. The molecule has 0 aliphatic carbocycles. The molecule has 39 heavy (non-hydrogen) atoms. The first-order chi connectivity index (χ1) is 18.9. The van der Waals surface area contributed by atoms with Crippen molar-refractivity contribution in [3.8, 4) is 0 Å². The lowest BCUT2D eigenvalue weighted by Crippen LogP contribution is -2.46. The summed E-state index contributed by atoms with van der Waals surface area (Å²) in [6.07, 6.45) is 6.83. The Balaban J connectivity index is 1.26. The van der Waals surface area contributed by atoms with Crippen molar-refractivity contribution in [1.82, 2.24) is 25.6 Å². The summed E-state index contributed by atoms with van der Waals surface area (Å²) in [5, 5.41) is 9.99. The van der Waals surface area contributed by atoms with Crippen molar-refractivity contribution in [3.05, 3.63) is 89.5 Å². The molecule has 5 rings (SSSR count). The Hall–Kier alpha value is -3.41. The molecule has 0 saturated carbocycles. The van der Waals surface area contributed by atoms with Gasteiger partial charge in [-0.3, -0.25) is 4.79 Å². The van der Waals surface area contributed by atoms with E-state index >= 15 is 4.39 Å². The van der Waals surface area contributed by atoms with Crippen molar-refractivity contribution in [2.45, 2.75) is 35.3 Å². The Morgan fingerprint density at radius 2 is 1.90 bits per heavy atom. The molecule has 1 aromatic carbocycles. The number of benzene rings is 1. The van der Waals surface area contributed by atoms with Gasteiger partial charge in [0.05, 0.1) is 15.3 Å². The third-order valence-corrected chi connectivity index (χ3v) is 8.77. The fourth-order valence-electron chi connectivity index (χ4n) is 4.62. The van der Waals surface area contributed by atoms with Crippen LogP contribution in [0.1, 0.15) is 34.5 Å². The van der Waals surface area contributed by atoms with Crippen molar-refractivity contribution in [1.29, 1.82) is 0 Å². The van der Waals surface area contributed by atoms with E-state index in [-0.39, 0.29) is 21.8 Å². The number of hydrogen-bond acceptors (Lipinski definition) is 8. The molecule has 0 bridgehead atoms. The molecule has 202 valence electrons. The van der Waals surface area contributed by atoms with Crippen LogP contribution in [0.15, 0.2) is 70.2 Å². The molecule has 1 aliphatic rings. The van der Waals surface area contributed by atoms with Gasteiger partial charge in [-0.05, 0) is 80.1 Å². The molecule has 11 heteroatoms. The van der Waals surface area contributed by atoms with E-state index in [0.717, 1.165) is 35.7 Å². The van der Waals surface area contributed by atoms with Gasteiger partial charge in [0, 0.05) is 18.9 Å². The Kier molecular flexibility index (Phi) is 8.49. The minimum atomic E-state index is -0.684. The number of nitrogens with one attached hydrogen (secondary N) is 3. The van der Waals surface area contributed by atoms with Crippen LogP contribution >= 0.6 is 23.1 Å². The van der Waals surface area contributed by atoms with Crippen molar-refractivity contribution in [2.24, 2.45) is 5.41 Å². The molecule has 0 atom stereocenters. The predicted octanol–water partition coefficient (Wildman–Crippen LogP) is 5.76. The monoisotopic (exact) mass is 566 g/mol. The number of halogens is 2. The molecule has 1 fully saturated rings. The molecule has 4 aromatic rings. The lowest BCUT2D eigenvalue weighted by atomic mass is 9.74. The minimum absolute atomic E-state index is 0.254. The molecule has 0 radical (unpaired) electrons. The van der Waals surface area contributed by atoms with Gasteiger partial charge in [-0.15, -0.1) is 0 Å². The van der Waals surface area contributed by atoms with E-state index in [1.54, 1.807) is 24.5 Å². The van der Waals surface area contributed by atoms with Gasteiger partial charge >= 0.3 is 0 Å². The number of rotatable bonds is 9. The normalized spacial score (nSPS) is 14.6. The van der Waals surface area contributed by atoms with Crippen molar-refractivity contribution in [3.63, 3.8) is 0 Å². The molecule has 4 heterocycles. The number of hydrogen-bond donors (Lipinski definition) is 3. The molecule has 0 spiro atoms. The second-order valence-corrected chi connectivity index (χ2v) is 12.0. The minimum Gasteiger partial charge on any atom is -0.350 e. The van der Waals surface area contributed by atoms with Crippen LogP contribution in [-0.4, -0.2) is 40.5 Å². The van der Waals surface area contributed by atoms with Crippen molar-refractivity contribution >= 4 is 40.0 Å². The van der Waals surface area contributed by atoms with Gasteiger partial charge in [-0.1, -0.05) is 41.3 Å². The highest BCUT2D eigenvalue weighted by Gasteiger charge is 2.34. The molecule has 0 unspecified atom stereocenters. The highest BCUT2D eigenvalue weighted by molar-refractivity contribution is 8.01. The molecular weight excluding hydrogens is 538 g/mol. The van der Waals surface area contributed by atoms with Crippen molar-refractivity contribution in [2.75, 3.05) is 25.0 Å². The van der Waals surface area contributed by atoms with Gasteiger partial charge in [0.1, 0.15) is 11.6 Å². The number of carbonyl (C=O) groups excluding carboxylic acids is 1. The van der Waals surface area contributed by atoms with E-state index in [2.05, 4.69) is 30.9 Å². The van der Waals surface area contributed by atoms with Gasteiger partial charge in [-0.25, -0.2) is 23.7 Å². The number of pyridine rings is 2. The van der Waals surface area contributed by atoms with Gasteiger partial charge in [0.25, 0.3) is 5.91 Å². The predicted molar refractivity (Wildman–Crippen MR) is 150 cm³/mol. The maximum atomic E-state index is 15.4. The summed E-state index contributed by atoms with van der Waals surface area (Å²) in [4.78, 5) is 26.0. The van der Waals surface area contributed by atoms with Gasteiger partial charge in [-0.2, -0.15) is 0 Å². The first-order valence-electron chi connectivity index (χ1n) is 12.6. The number of amides is 1. The average molecular weight is 567 g/mol. The fourth-order valence-corrected chi connectivity index (χ4v) is 6.49. The quantitative estimate of drug-likeness (QED) is 0.237. The second-order valence-electron chi connectivity index (χ2n) is 9.60. The number of aromatic nitrogens is 3. The summed E-state index contributed by atoms with van der Waals surface area (Å²) in [6.45, 7) is 3.83. The number of aryl methyl sites for hydroxylation is 1. The summed E-state index contributed by atoms with van der Waals surface area (Å²) in [7, 11) is 0. The zero-order valence-corrected chi connectivity index (χ0v) is 23.0. The Morgan fingerprint density at radius 3 is 2.69 bits per heavy atom. The summed E-state index contributed by atoms with van der Waals surface area (Å²) in [6, 6.07) is 12.1. The third-order valence-electron chi connectivity index (χ3n) is 6.73. The van der Waals surface area contributed by atoms with E-state index in [4.69, 9.17) is 0 Å². The Bertz CT molecular complexity index is 1460. The molecule has 1 amide bonds. The topological polar surface area (TPSA) is 91.8 Å². The Labute approximate surface area is 233 Å². The molecular formula is C28H28F2N6OS2.